The van der Waals surface area contributed by atoms with Crippen LogP contribution in [0.3, 0.4) is 0 Å². The highest BCUT2D eigenvalue weighted by molar-refractivity contribution is 7.13. The van der Waals surface area contributed by atoms with E-state index in [0.29, 0.717) is 12.8 Å². The molecule has 2 N–H and O–H groups in total. The summed E-state index contributed by atoms with van der Waals surface area (Å²) in [5.74, 6) is 0.0867. The molecule has 2 unspecified atom stereocenters. The third-order valence-corrected chi connectivity index (χ3v) is 6.92. The number of aromatic amines is 1. The fourth-order valence-corrected chi connectivity index (χ4v) is 5.54. The number of nitrogens with one attached hydrogen (secondary N) is 1. The number of nitrogens with zero attached hydrogens (tertiary/aromatic N) is 2. The lowest BCUT2D eigenvalue weighted by molar-refractivity contribution is -0.0479. The van der Waals surface area contributed by atoms with Gasteiger partial charge in [-0.05, 0) is 24.5 Å². The maximum atomic E-state index is 13.2. The fraction of sp³-hybridized carbons (Fsp3) is 0.333. The molecular weight excluding hydrogens is 358 g/mol. The van der Waals surface area contributed by atoms with Crippen LogP contribution in [0.1, 0.15) is 41.6 Å². The van der Waals surface area contributed by atoms with E-state index in [9.17, 15) is 9.90 Å². The number of H-pyrrole nitrogens is 1. The van der Waals surface area contributed by atoms with Crippen molar-refractivity contribution >= 4 is 17.2 Å². The number of fused-ring (bicyclic) bond motifs is 2. The second-order valence-electron chi connectivity index (χ2n) is 7.59. The number of rotatable bonds is 3. The van der Waals surface area contributed by atoms with Gasteiger partial charge in [-0.3, -0.25) is 9.89 Å². The van der Waals surface area contributed by atoms with Crippen LogP contribution >= 0.6 is 11.3 Å². The average Bonchev–Trinajstić information content (AvgIpc) is 3.41. The Morgan fingerprint density at radius 2 is 1.96 bits per heavy atom. The predicted octanol–water partition coefficient (Wildman–Crippen LogP) is 3.79. The molecule has 0 radical (unpaired) electrons. The molecule has 0 aliphatic carbocycles. The topological polar surface area (TPSA) is 69.2 Å². The first-order chi connectivity index (χ1) is 13.1. The Bertz CT molecular complexity index is 937. The van der Waals surface area contributed by atoms with Crippen molar-refractivity contribution in [2.24, 2.45) is 0 Å². The van der Waals surface area contributed by atoms with Crippen LogP contribution in [-0.2, 0) is 5.60 Å². The molecule has 5 rings (SSSR count). The predicted molar refractivity (Wildman–Crippen MR) is 104 cm³/mol. The Morgan fingerprint density at radius 3 is 2.63 bits per heavy atom. The highest BCUT2D eigenvalue weighted by Gasteiger charge is 2.50. The SMILES string of the molecule is O=C(c1csc(-c2cn[nH]c2)c1)N1C2CCC1CC(O)(c1ccccc1)C2. The van der Waals surface area contributed by atoms with Gasteiger partial charge in [-0.2, -0.15) is 5.10 Å². The number of piperidine rings is 1. The van der Waals surface area contributed by atoms with E-state index >= 15 is 0 Å². The van der Waals surface area contributed by atoms with Crippen LogP contribution < -0.4 is 0 Å². The number of carbonyl (C=O) groups is 1. The molecule has 2 atom stereocenters. The van der Waals surface area contributed by atoms with E-state index < -0.39 is 5.60 Å². The first-order valence-corrected chi connectivity index (χ1v) is 10.2. The van der Waals surface area contributed by atoms with Gasteiger partial charge in [-0.1, -0.05) is 30.3 Å². The highest BCUT2D eigenvalue weighted by atomic mass is 32.1. The second kappa shape index (κ2) is 6.32. The molecule has 2 saturated heterocycles. The van der Waals surface area contributed by atoms with Gasteiger partial charge in [0.25, 0.3) is 5.91 Å². The summed E-state index contributed by atoms with van der Waals surface area (Å²) in [5, 5.41) is 20.0. The standard InChI is InChI=1S/C21H21N3O2S/c25-20(14-8-19(27-13-14)15-11-22-23-12-15)24-17-6-7-18(24)10-21(26,9-17)16-4-2-1-3-5-16/h1-5,8,11-13,17-18,26H,6-7,9-10H2,(H,22,23). The van der Waals surface area contributed by atoms with E-state index in [1.54, 1.807) is 17.5 Å². The van der Waals surface area contributed by atoms with Crippen LogP contribution in [0.25, 0.3) is 10.4 Å². The molecule has 5 nitrogen and oxygen atoms in total. The number of amides is 1. The summed E-state index contributed by atoms with van der Waals surface area (Å²) in [6.07, 6.45) is 6.75. The lowest BCUT2D eigenvalue weighted by Gasteiger charge is -2.44. The Morgan fingerprint density at radius 1 is 1.22 bits per heavy atom. The van der Waals surface area contributed by atoms with Gasteiger partial charge in [-0.15, -0.1) is 11.3 Å². The summed E-state index contributed by atoms with van der Waals surface area (Å²) in [4.78, 5) is 16.3. The maximum Gasteiger partial charge on any atom is 0.255 e. The van der Waals surface area contributed by atoms with Crippen LogP contribution in [0.2, 0.25) is 0 Å². The molecular formula is C21H21N3O2S. The summed E-state index contributed by atoms with van der Waals surface area (Å²) in [6.45, 7) is 0. The first-order valence-electron chi connectivity index (χ1n) is 9.32. The van der Waals surface area contributed by atoms with E-state index in [4.69, 9.17) is 0 Å². The van der Waals surface area contributed by atoms with Crippen molar-refractivity contribution in [1.29, 1.82) is 0 Å². The van der Waals surface area contributed by atoms with E-state index in [-0.39, 0.29) is 18.0 Å². The molecule has 27 heavy (non-hydrogen) atoms. The molecule has 138 valence electrons. The molecule has 0 spiro atoms. The van der Waals surface area contributed by atoms with Crippen molar-refractivity contribution in [2.45, 2.75) is 43.4 Å². The Labute approximate surface area is 161 Å². The number of thiophene rings is 1. The van der Waals surface area contributed by atoms with Crippen LogP contribution in [0.15, 0.2) is 54.2 Å². The Hall–Kier alpha value is -2.44. The molecule has 2 aliphatic heterocycles. The molecule has 4 heterocycles. The number of hydrogen-bond acceptors (Lipinski definition) is 4. The first kappa shape index (κ1) is 16.7. The van der Waals surface area contributed by atoms with Gasteiger partial charge in [-0.25, -0.2) is 0 Å². The summed E-state index contributed by atoms with van der Waals surface area (Å²) >= 11 is 1.56. The highest BCUT2D eigenvalue weighted by Crippen LogP contribution is 2.46. The van der Waals surface area contributed by atoms with Gasteiger partial charge in [0.05, 0.1) is 17.4 Å². The second-order valence-corrected chi connectivity index (χ2v) is 8.50. The number of aromatic nitrogens is 2. The minimum Gasteiger partial charge on any atom is -0.385 e. The zero-order valence-electron chi connectivity index (χ0n) is 14.8. The van der Waals surface area contributed by atoms with Gasteiger partial charge in [0.15, 0.2) is 0 Å². The lowest BCUT2D eigenvalue weighted by Crippen LogP contribution is -2.51. The average molecular weight is 379 g/mol. The monoisotopic (exact) mass is 379 g/mol. The van der Waals surface area contributed by atoms with Crippen molar-refractivity contribution in [2.75, 3.05) is 0 Å². The van der Waals surface area contributed by atoms with E-state index in [2.05, 4.69) is 10.2 Å². The minimum atomic E-state index is -0.833. The van der Waals surface area contributed by atoms with E-state index in [1.165, 1.54) is 0 Å². The van der Waals surface area contributed by atoms with E-state index in [0.717, 1.165) is 34.4 Å². The van der Waals surface area contributed by atoms with Gasteiger partial charge in [0.2, 0.25) is 0 Å². The van der Waals surface area contributed by atoms with Crippen molar-refractivity contribution in [3.05, 3.63) is 65.3 Å². The van der Waals surface area contributed by atoms with E-state index in [1.807, 2.05) is 52.9 Å². The number of aliphatic hydroxyl groups is 1. The van der Waals surface area contributed by atoms with Crippen LogP contribution in [0, 0.1) is 0 Å². The number of hydrogen-bond donors (Lipinski definition) is 2. The zero-order valence-corrected chi connectivity index (χ0v) is 15.7. The molecule has 1 aromatic carbocycles. The van der Waals surface area contributed by atoms with Crippen molar-refractivity contribution in [3.8, 4) is 10.4 Å². The number of carbonyl (C=O) groups excluding carboxylic acids is 1. The van der Waals surface area contributed by atoms with Crippen LogP contribution in [-0.4, -0.2) is 38.2 Å². The smallest absolute Gasteiger partial charge is 0.255 e. The lowest BCUT2D eigenvalue weighted by atomic mass is 9.80. The Kier molecular flexibility index (Phi) is 3.91. The number of benzene rings is 1. The normalized spacial score (nSPS) is 27.1. The van der Waals surface area contributed by atoms with Gasteiger partial charge in [0, 0.05) is 46.9 Å². The van der Waals surface area contributed by atoms with Gasteiger partial charge >= 0.3 is 0 Å². The minimum absolute atomic E-state index is 0.0867. The summed E-state index contributed by atoms with van der Waals surface area (Å²) in [6, 6.07) is 12.0. The van der Waals surface area contributed by atoms with Crippen LogP contribution in [0.4, 0.5) is 0 Å². The molecule has 2 aliphatic rings. The molecule has 2 aromatic heterocycles. The quantitative estimate of drug-likeness (QED) is 0.727. The zero-order chi connectivity index (χ0) is 18.4. The summed E-state index contributed by atoms with van der Waals surface area (Å²) in [7, 11) is 0. The molecule has 6 heteroatoms. The third-order valence-electron chi connectivity index (χ3n) is 5.94. The summed E-state index contributed by atoms with van der Waals surface area (Å²) in [5.41, 5.74) is 1.87. The Balaban J connectivity index is 1.39. The van der Waals surface area contributed by atoms with Crippen molar-refractivity contribution < 1.29 is 9.90 Å². The third kappa shape index (κ3) is 2.80. The van der Waals surface area contributed by atoms with Crippen molar-refractivity contribution in [3.63, 3.8) is 0 Å². The van der Waals surface area contributed by atoms with Crippen LogP contribution in [0.5, 0.6) is 0 Å². The molecule has 2 fully saturated rings. The van der Waals surface area contributed by atoms with Crippen molar-refractivity contribution in [1.82, 2.24) is 15.1 Å². The fourth-order valence-electron chi connectivity index (χ4n) is 4.68. The summed E-state index contributed by atoms with van der Waals surface area (Å²) < 4.78 is 0. The van der Waals surface area contributed by atoms with Gasteiger partial charge < -0.3 is 10.0 Å². The molecule has 0 saturated carbocycles. The largest absolute Gasteiger partial charge is 0.385 e. The van der Waals surface area contributed by atoms with Gasteiger partial charge in [0.1, 0.15) is 0 Å². The molecule has 3 aromatic rings. The molecule has 2 bridgehead atoms. The molecule has 1 amide bonds. The maximum absolute atomic E-state index is 13.2.